The largest absolute Gasteiger partial charge is 0.497 e. The van der Waals surface area contributed by atoms with Gasteiger partial charge in [0.2, 0.25) is 0 Å². The van der Waals surface area contributed by atoms with Gasteiger partial charge in [0.05, 0.1) is 13.7 Å². The van der Waals surface area contributed by atoms with E-state index >= 15 is 0 Å². The van der Waals surface area contributed by atoms with Crippen LogP contribution < -0.4 is 24.8 Å². The van der Waals surface area contributed by atoms with Gasteiger partial charge in [0, 0.05) is 6.54 Å². The smallest absolute Gasteiger partial charge is 0.315 e. The van der Waals surface area contributed by atoms with Crippen molar-refractivity contribution in [1.82, 2.24) is 10.6 Å². The van der Waals surface area contributed by atoms with Crippen LogP contribution in [0.5, 0.6) is 17.2 Å². The molecule has 1 atom stereocenters. The fourth-order valence-corrected chi connectivity index (χ4v) is 2.36. The van der Waals surface area contributed by atoms with Gasteiger partial charge in [-0.25, -0.2) is 4.79 Å². The number of hydrogen-bond donors (Lipinski definition) is 2. The predicted octanol–water partition coefficient (Wildman–Crippen LogP) is 2.33. The standard InChI is InChI=1S/C18H20N2O4/c1-22-14-8-6-13(7-9-14)10-19-18(21)20-11-15-12-23-16-4-2-3-5-17(16)24-15/h2-9,15H,10-12H2,1H3,(H2,19,20,21)/t15-/m0/s1. The number of ether oxygens (including phenoxy) is 3. The number of nitrogens with one attached hydrogen (secondary N) is 2. The minimum Gasteiger partial charge on any atom is -0.497 e. The van der Waals surface area contributed by atoms with Gasteiger partial charge in [-0.05, 0) is 29.8 Å². The molecular formula is C18H20N2O4. The van der Waals surface area contributed by atoms with Gasteiger partial charge in [-0.3, -0.25) is 0 Å². The highest BCUT2D eigenvalue weighted by atomic mass is 16.6. The molecule has 0 radical (unpaired) electrons. The Morgan fingerprint density at radius 3 is 2.62 bits per heavy atom. The summed E-state index contributed by atoms with van der Waals surface area (Å²) in [7, 11) is 1.62. The molecule has 6 nitrogen and oxygen atoms in total. The summed E-state index contributed by atoms with van der Waals surface area (Å²) in [5.74, 6) is 2.23. The number of carbonyl (C=O) groups excluding carboxylic acids is 1. The molecule has 0 spiro atoms. The number of amides is 2. The topological polar surface area (TPSA) is 68.8 Å². The van der Waals surface area contributed by atoms with Crippen LogP contribution in [0.25, 0.3) is 0 Å². The predicted molar refractivity (Wildman–Crippen MR) is 89.6 cm³/mol. The van der Waals surface area contributed by atoms with Gasteiger partial charge in [-0.1, -0.05) is 24.3 Å². The molecule has 24 heavy (non-hydrogen) atoms. The zero-order chi connectivity index (χ0) is 16.8. The van der Waals surface area contributed by atoms with E-state index in [2.05, 4.69) is 10.6 Å². The molecule has 1 aliphatic heterocycles. The van der Waals surface area contributed by atoms with E-state index in [4.69, 9.17) is 14.2 Å². The Morgan fingerprint density at radius 2 is 1.88 bits per heavy atom. The van der Waals surface area contributed by atoms with Crippen LogP contribution in [0.4, 0.5) is 4.79 Å². The lowest BCUT2D eigenvalue weighted by molar-refractivity contribution is 0.0918. The van der Waals surface area contributed by atoms with Crippen LogP contribution in [0, 0.1) is 0 Å². The summed E-state index contributed by atoms with van der Waals surface area (Å²) in [6, 6.07) is 14.8. The molecule has 1 aliphatic rings. The lowest BCUT2D eigenvalue weighted by Crippen LogP contribution is -2.44. The maximum atomic E-state index is 11.9. The molecular weight excluding hydrogens is 308 g/mol. The second-order valence-corrected chi connectivity index (χ2v) is 5.41. The Labute approximate surface area is 140 Å². The average molecular weight is 328 g/mol. The monoisotopic (exact) mass is 328 g/mol. The van der Waals surface area contributed by atoms with E-state index in [0.29, 0.717) is 25.4 Å². The molecule has 6 heteroatoms. The van der Waals surface area contributed by atoms with Crippen molar-refractivity contribution in [1.29, 1.82) is 0 Å². The van der Waals surface area contributed by atoms with Gasteiger partial charge >= 0.3 is 6.03 Å². The second-order valence-electron chi connectivity index (χ2n) is 5.41. The zero-order valence-corrected chi connectivity index (χ0v) is 13.5. The molecule has 0 fully saturated rings. The molecule has 2 aromatic rings. The first-order valence-corrected chi connectivity index (χ1v) is 7.77. The number of benzene rings is 2. The van der Waals surface area contributed by atoms with Crippen LogP contribution in [0.2, 0.25) is 0 Å². The third-order valence-electron chi connectivity index (χ3n) is 3.67. The van der Waals surface area contributed by atoms with E-state index in [1.165, 1.54) is 0 Å². The number of urea groups is 1. The summed E-state index contributed by atoms with van der Waals surface area (Å²) in [4.78, 5) is 11.9. The summed E-state index contributed by atoms with van der Waals surface area (Å²) >= 11 is 0. The second kappa shape index (κ2) is 7.59. The molecule has 2 N–H and O–H groups in total. The summed E-state index contributed by atoms with van der Waals surface area (Å²) in [6.07, 6.45) is -0.202. The number of carbonyl (C=O) groups is 1. The molecule has 0 aliphatic carbocycles. The van der Waals surface area contributed by atoms with Crippen molar-refractivity contribution < 1.29 is 19.0 Å². The third kappa shape index (κ3) is 4.10. The fourth-order valence-electron chi connectivity index (χ4n) is 2.36. The SMILES string of the molecule is COc1ccc(CNC(=O)NC[C@H]2COc3ccccc3O2)cc1. The van der Waals surface area contributed by atoms with Crippen LogP contribution in [0.1, 0.15) is 5.56 Å². The van der Waals surface area contributed by atoms with Crippen molar-refractivity contribution in [3.8, 4) is 17.2 Å². The van der Waals surface area contributed by atoms with Crippen molar-refractivity contribution in [2.24, 2.45) is 0 Å². The maximum absolute atomic E-state index is 11.9. The fraction of sp³-hybridized carbons (Fsp3) is 0.278. The Balaban J connectivity index is 1.41. The number of hydrogen-bond acceptors (Lipinski definition) is 4. The van der Waals surface area contributed by atoms with Crippen LogP contribution in [-0.4, -0.2) is 32.4 Å². The van der Waals surface area contributed by atoms with Gasteiger partial charge in [-0.15, -0.1) is 0 Å². The lowest BCUT2D eigenvalue weighted by atomic mass is 10.2. The van der Waals surface area contributed by atoms with Crippen LogP contribution in [-0.2, 0) is 6.54 Å². The Morgan fingerprint density at radius 1 is 1.12 bits per heavy atom. The van der Waals surface area contributed by atoms with Gasteiger partial charge in [-0.2, -0.15) is 0 Å². The zero-order valence-electron chi connectivity index (χ0n) is 13.5. The number of rotatable bonds is 5. The van der Waals surface area contributed by atoms with Gasteiger partial charge < -0.3 is 24.8 Å². The molecule has 0 aromatic heterocycles. The molecule has 0 bridgehead atoms. The number of para-hydroxylation sites is 2. The van der Waals surface area contributed by atoms with Crippen LogP contribution in [0.15, 0.2) is 48.5 Å². The van der Waals surface area contributed by atoms with Crippen molar-refractivity contribution in [2.75, 3.05) is 20.3 Å². The van der Waals surface area contributed by atoms with E-state index in [0.717, 1.165) is 17.1 Å². The normalized spacial score (nSPS) is 15.5. The van der Waals surface area contributed by atoms with E-state index in [-0.39, 0.29) is 12.1 Å². The van der Waals surface area contributed by atoms with Crippen molar-refractivity contribution in [3.05, 3.63) is 54.1 Å². The molecule has 0 unspecified atom stereocenters. The molecule has 126 valence electrons. The molecule has 0 saturated heterocycles. The highest BCUT2D eigenvalue weighted by Gasteiger charge is 2.20. The van der Waals surface area contributed by atoms with Crippen molar-refractivity contribution in [2.45, 2.75) is 12.6 Å². The first-order chi connectivity index (χ1) is 11.7. The van der Waals surface area contributed by atoms with E-state index in [1.807, 2.05) is 48.5 Å². The first kappa shape index (κ1) is 16.0. The van der Waals surface area contributed by atoms with Crippen molar-refractivity contribution >= 4 is 6.03 Å². The highest BCUT2D eigenvalue weighted by molar-refractivity contribution is 5.73. The number of fused-ring (bicyclic) bond motifs is 1. The van der Waals surface area contributed by atoms with E-state index < -0.39 is 0 Å². The molecule has 2 aromatic carbocycles. The minimum absolute atomic E-state index is 0.202. The third-order valence-corrected chi connectivity index (χ3v) is 3.67. The molecule has 2 amide bonds. The number of methoxy groups -OCH3 is 1. The van der Waals surface area contributed by atoms with Crippen LogP contribution in [0.3, 0.4) is 0 Å². The maximum Gasteiger partial charge on any atom is 0.315 e. The Kier molecular flexibility index (Phi) is 5.05. The van der Waals surface area contributed by atoms with Crippen molar-refractivity contribution in [3.63, 3.8) is 0 Å². The average Bonchev–Trinajstić information content (AvgIpc) is 2.65. The lowest BCUT2D eigenvalue weighted by Gasteiger charge is -2.26. The first-order valence-electron chi connectivity index (χ1n) is 7.77. The Hall–Kier alpha value is -2.89. The molecule has 0 saturated carbocycles. The van der Waals surface area contributed by atoms with Gasteiger partial charge in [0.25, 0.3) is 0 Å². The summed E-state index contributed by atoms with van der Waals surface area (Å²) < 4.78 is 16.5. The summed E-state index contributed by atoms with van der Waals surface area (Å²) in [5.41, 5.74) is 0.997. The van der Waals surface area contributed by atoms with Gasteiger partial charge in [0.1, 0.15) is 12.4 Å². The molecule has 1 heterocycles. The van der Waals surface area contributed by atoms with E-state index in [9.17, 15) is 4.79 Å². The molecule has 3 rings (SSSR count). The highest BCUT2D eigenvalue weighted by Crippen LogP contribution is 2.30. The Bertz CT molecular complexity index is 688. The van der Waals surface area contributed by atoms with Crippen LogP contribution >= 0.6 is 0 Å². The van der Waals surface area contributed by atoms with Gasteiger partial charge in [0.15, 0.2) is 17.6 Å². The quantitative estimate of drug-likeness (QED) is 0.884. The van der Waals surface area contributed by atoms with E-state index in [1.54, 1.807) is 7.11 Å². The minimum atomic E-state index is -0.242. The summed E-state index contributed by atoms with van der Waals surface area (Å²) in [6.45, 7) is 1.24. The summed E-state index contributed by atoms with van der Waals surface area (Å²) in [5, 5.41) is 5.60.